The molecule has 2 heterocycles. The molecular weight excluding hydrogens is 512 g/mol. The van der Waals surface area contributed by atoms with Gasteiger partial charge in [-0.3, -0.25) is 4.79 Å². The number of halogens is 5. The first-order valence-electron chi connectivity index (χ1n) is 11.0. The second-order valence-corrected chi connectivity index (χ2v) is 8.60. The fraction of sp³-hybridized carbons (Fsp3) is 0.115. The Kier molecular flexibility index (Phi) is 6.43. The van der Waals surface area contributed by atoms with Crippen molar-refractivity contribution >= 4 is 28.6 Å². The summed E-state index contributed by atoms with van der Waals surface area (Å²) in [5.74, 6) is -1.34. The molecule has 0 N–H and O–H groups in total. The summed E-state index contributed by atoms with van der Waals surface area (Å²) in [4.78, 5) is 19.1. The van der Waals surface area contributed by atoms with E-state index in [1.54, 1.807) is 36.4 Å². The first-order chi connectivity index (χ1) is 17.7. The van der Waals surface area contributed by atoms with E-state index in [0.717, 1.165) is 11.1 Å². The van der Waals surface area contributed by atoms with E-state index in [4.69, 9.17) is 16.0 Å². The Labute approximate surface area is 212 Å². The van der Waals surface area contributed by atoms with Crippen LogP contribution in [0, 0.1) is 5.82 Å². The third-order valence-electron chi connectivity index (χ3n) is 5.56. The minimum Gasteiger partial charge on any atom is -0.439 e. The van der Waals surface area contributed by atoms with Gasteiger partial charge in [-0.25, -0.2) is 14.1 Å². The van der Waals surface area contributed by atoms with Crippen LogP contribution in [-0.4, -0.2) is 25.6 Å². The molecule has 0 spiro atoms. The van der Waals surface area contributed by atoms with Crippen molar-refractivity contribution in [1.82, 2.24) is 19.7 Å². The quantitative estimate of drug-likeness (QED) is 0.231. The molecule has 0 unspecified atom stereocenters. The van der Waals surface area contributed by atoms with Crippen LogP contribution in [0.4, 0.5) is 17.6 Å². The summed E-state index contributed by atoms with van der Waals surface area (Å²) in [7, 11) is 0. The Morgan fingerprint density at radius 2 is 1.73 bits per heavy atom. The molecule has 0 fully saturated rings. The van der Waals surface area contributed by atoms with Crippen molar-refractivity contribution in [2.45, 2.75) is 19.3 Å². The average Bonchev–Trinajstić information content (AvgIpc) is 3.49. The number of amides is 1. The SMILES string of the molecule is O=C(c1cnn(-c2ccccc2)c1C(F)(F)F)N(Cc1ccc(F)cc1)Cc1nc2cc(Cl)ccc2o1. The maximum Gasteiger partial charge on any atom is 0.434 e. The summed E-state index contributed by atoms with van der Waals surface area (Å²) < 4.78 is 62.5. The van der Waals surface area contributed by atoms with Crippen LogP contribution in [-0.2, 0) is 19.3 Å². The van der Waals surface area contributed by atoms with Gasteiger partial charge in [0.25, 0.3) is 5.91 Å². The summed E-state index contributed by atoms with van der Waals surface area (Å²) in [6.07, 6.45) is -3.99. The number of benzene rings is 3. The van der Waals surface area contributed by atoms with Gasteiger partial charge in [0.05, 0.1) is 24.0 Å². The van der Waals surface area contributed by atoms with E-state index in [1.165, 1.54) is 36.4 Å². The van der Waals surface area contributed by atoms with Gasteiger partial charge in [-0.05, 0) is 48.0 Å². The summed E-state index contributed by atoms with van der Waals surface area (Å²) >= 11 is 6.00. The minimum atomic E-state index is -4.88. The molecule has 11 heteroatoms. The van der Waals surface area contributed by atoms with Crippen LogP contribution in [0.15, 0.2) is 83.4 Å². The lowest BCUT2D eigenvalue weighted by Crippen LogP contribution is -2.32. The lowest BCUT2D eigenvalue weighted by atomic mass is 10.1. The van der Waals surface area contributed by atoms with E-state index >= 15 is 0 Å². The molecule has 0 saturated heterocycles. The molecule has 0 saturated carbocycles. The van der Waals surface area contributed by atoms with E-state index in [0.29, 0.717) is 26.4 Å². The van der Waals surface area contributed by atoms with E-state index in [9.17, 15) is 22.4 Å². The molecular formula is C26H17ClF4N4O2. The van der Waals surface area contributed by atoms with Crippen LogP contribution in [0.2, 0.25) is 5.02 Å². The monoisotopic (exact) mass is 528 g/mol. The number of para-hydroxylation sites is 1. The van der Waals surface area contributed by atoms with Gasteiger partial charge < -0.3 is 9.32 Å². The van der Waals surface area contributed by atoms with E-state index in [2.05, 4.69) is 10.1 Å². The molecule has 3 aromatic carbocycles. The third-order valence-corrected chi connectivity index (χ3v) is 5.80. The van der Waals surface area contributed by atoms with Crippen molar-refractivity contribution in [2.75, 3.05) is 0 Å². The second-order valence-electron chi connectivity index (χ2n) is 8.16. The highest BCUT2D eigenvalue weighted by Gasteiger charge is 2.41. The zero-order chi connectivity index (χ0) is 26.2. The summed E-state index contributed by atoms with van der Waals surface area (Å²) in [5.41, 5.74) is -0.367. The highest BCUT2D eigenvalue weighted by atomic mass is 35.5. The standard InChI is InChI=1S/C26H17ClF4N4O2/c27-17-8-11-22-21(12-17)33-23(37-22)15-34(14-16-6-9-18(28)10-7-16)25(36)20-13-32-35(24(20)26(29,30)31)19-4-2-1-3-5-19/h1-13H,14-15H2. The zero-order valence-corrected chi connectivity index (χ0v) is 19.7. The Morgan fingerprint density at radius 3 is 2.43 bits per heavy atom. The molecule has 5 rings (SSSR count). The first kappa shape index (κ1) is 24.5. The summed E-state index contributed by atoms with van der Waals surface area (Å²) in [6, 6.07) is 17.8. The number of rotatable bonds is 6. The molecule has 0 radical (unpaired) electrons. The van der Waals surface area contributed by atoms with Crippen LogP contribution in [0.1, 0.15) is 27.5 Å². The van der Waals surface area contributed by atoms with Gasteiger partial charge >= 0.3 is 6.18 Å². The Hall–Kier alpha value is -4.18. The second kappa shape index (κ2) is 9.70. The van der Waals surface area contributed by atoms with Gasteiger partial charge in [-0.15, -0.1) is 0 Å². The molecule has 5 aromatic rings. The Bertz CT molecular complexity index is 1560. The highest BCUT2D eigenvalue weighted by molar-refractivity contribution is 6.31. The fourth-order valence-electron chi connectivity index (χ4n) is 3.90. The van der Waals surface area contributed by atoms with Crippen molar-refractivity contribution in [3.63, 3.8) is 0 Å². The van der Waals surface area contributed by atoms with Crippen molar-refractivity contribution in [3.05, 3.63) is 113 Å². The number of carbonyl (C=O) groups excluding carboxylic acids is 1. The fourth-order valence-corrected chi connectivity index (χ4v) is 4.07. The first-order valence-corrected chi connectivity index (χ1v) is 11.4. The number of hydrogen-bond donors (Lipinski definition) is 0. The predicted octanol–water partition coefficient (Wildman–Crippen LogP) is 6.67. The summed E-state index contributed by atoms with van der Waals surface area (Å²) in [5, 5.41) is 4.30. The molecule has 188 valence electrons. The normalized spacial score (nSPS) is 11.7. The molecule has 1 amide bonds. The van der Waals surface area contributed by atoms with Gasteiger partial charge in [0.15, 0.2) is 11.3 Å². The van der Waals surface area contributed by atoms with Crippen molar-refractivity contribution in [1.29, 1.82) is 0 Å². The van der Waals surface area contributed by atoms with Gasteiger partial charge in [0, 0.05) is 11.6 Å². The Balaban J connectivity index is 1.56. The van der Waals surface area contributed by atoms with Gasteiger partial charge in [0.1, 0.15) is 11.3 Å². The van der Waals surface area contributed by atoms with Crippen LogP contribution >= 0.6 is 11.6 Å². The lowest BCUT2D eigenvalue weighted by Gasteiger charge is -2.22. The number of fused-ring (bicyclic) bond motifs is 1. The molecule has 37 heavy (non-hydrogen) atoms. The topological polar surface area (TPSA) is 64.2 Å². The highest BCUT2D eigenvalue weighted by Crippen LogP contribution is 2.34. The van der Waals surface area contributed by atoms with Gasteiger partial charge in [0.2, 0.25) is 5.89 Å². The van der Waals surface area contributed by atoms with Crippen molar-refractivity contribution in [2.24, 2.45) is 0 Å². The number of carbonyl (C=O) groups is 1. The third kappa shape index (κ3) is 5.19. The van der Waals surface area contributed by atoms with Crippen LogP contribution in [0.25, 0.3) is 16.8 Å². The Morgan fingerprint density at radius 1 is 1.00 bits per heavy atom. The average molecular weight is 529 g/mol. The van der Waals surface area contributed by atoms with Crippen LogP contribution in [0.5, 0.6) is 0 Å². The molecule has 0 bridgehead atoms. The van der Waals surface area contributed by atoms with E-state index in [-0.39, 0.29) is 24.7 Å². The zero-order valence-electron chi connectivity index (χ0n) is 18.9. The molecule has 0 atom stereocenters. The molecule has 2 aromatic heterocycles. The maximum atomic E-state index is 14.2. The number of nitrogens with zero attached hydrogens (tertiary/aromatic N) is 4. The van der Waals surface area contributed by atoms with Crippen molar-refractivity contribution < 1.29 is 26.8 Å². The maximum absolute atomic E-state index is 14.2. The van der Waals surface area contributed by atoms with Crippen molar-refractivity contribution in [3.8, 4) is 5.69 Å². The predicted molar refractivity (Wildman–Crippen MR) is 128 cm³/mol. The van der Waals surface area contributed by atoms with Crippen LogP contribution in [0.3, 0.4) is 0 Å². The van der Waals surface area contributed by atoms with Gasteiger partial charge in [-0.2, -0.15) is 18.3 Å². The molecule has 0 aliphatic heterocycles. The smallest absolute Gasteiger partial charge is 0.434 e. The summed E-state index contributed by atoms with van der Waals surface area (Å²) in [6.45, 7) is -0.386. The number of oxazole rings is 1. The largest absolute Gasteiger partial charge is 0.439 e. The molecule has 0 aliphatic carbocycles. The number of hydrogen-bond acceptors (Lipinski definition) is 4. The van der Waals surface area contributed by atoms with E-state index < -0.39 is 29.2 Å². The van der Waals surface area contributed by atoms with E-state index in [1.807, 2.05) is 0 Å². The lowest BCUT2D eigenvalue weighted by molar-refractivity contribution is -0.143. The molecule has 0 aliphatic rings. The molecule has 6 nitrogen and oxygen atoms in total. The number of aromatic nitrogens is 3. The minimum absolute atomic E-state index is 0.0942. The van der Waals surface area contributed by atoms with Gasteiger partial charge in [-0.1, -0.05) is 41.9 Å². The van der Waals surface area contributed by atoms with Crippen LogP contribution < -0.4 is 0 Å². The number of alkyl halides is 3.